The third kappa shape index (κ3) is 1.55. The lowest BCUT2D eigenvalue weighted by Crippen LogP contribution is -1.92. The summed E-state index contributed by atoms with van der Waals surface area (Å²) < 4.78 is 11.3. The van der Waals surface area contributed by atoms with Crippen LogP contribution in [0.2, 0.25) is 10.0 Å². The molecule has 0 amide bonds. The second kappa shape index (κ2) is 4.08. The van der Waals surface area contributed by atoms with Crippen LogP contribution in [0, 0.1) is 0 Å². The standard InChI is InChI=1S/C10H8Cl2O2S/c1-13-8-6(11)5-3-4-15-10(5)7(12)9(8)14-2/h3-4H,1-2H3. The Labute approximate surface area is 101 Å². The van der Waals surface area contributed by atoms with Gasteiger partial charge in [-0.15, -0.1) is 11.3 Å². The molecule has 15 heavy (non-hydrogen) atoms. The average Bonchev–Trinajstić information content (AvgIpc) is 2.72. The molecule has 80 valence electrons. The molecule has 1 aromatic carbocycles. The van der Waals surface area contributed by atoms with Crippen molar-refractivity contribution in [2.45, 2.75) is 0 Å². The Balaban J connectivity index is 2.90. The molecule has 0 aliphatic heterocycles. The van der Waals surface area contributed by atoms with Crippen LogP contribution in [0.5, 0.6) is 11.5 Å². The molecule has 0 saturated carbocycles. The maximum atomic E-state index is 6.19. The zero-order chi connectivity index (χ0) is 11.0. The minimum atomic E-state index is 0.482. The van der Waals surface area contributed by atoms with Gasteiger partial charge in [0.25, 0.3) is 0 Å². The number of hydrogen-bond donors (Lipinski definition) is 0. The Morgan fingerprint density at radius 1 is 1.07 bits per heavy atom. The van der Waals surface area contributed by atoms with Crippen molar-refractivity contribution in [3.8, 4) is 11.5 Å². The molecule has 2 nitrogen and oxygen atoms in total. The molecule has 5 heteroatoms. The predicted octanol–water partition coefficient (Wildman–Crippen LogP) is 4.23. The highest BCUT2D eigenvalue weighted by Gasteiger charge is 2.19. The summed E-state index contributed by atoms with van der Waals surface area (Å²) in [6, 6.07) is 1.91. The summed E-state index contributed by atoms with van der Waals surface area (Å²) in [4.78, 5) is 0. The Hall–Kier alpha value is -0.640. The van der Waals surface area contributed by atoms with Crippen LogP contribution in [0.25, 0.3) is 10.1 Å². The van der Waals surface area contributed by atoms with E-state index in [9.17, 15) is 0 Å². The van der Waals surface area contributed by atoms with Gasteiger partial charge in [-0.3, -0.25) is 0 Å². The molecule has 0 aliphatic carbocycles. The summed E-state index contributed by atoms with van der Waals surface area (Å²) in [5.74, 6) is 0.967. The minimum absolute atomic E-state index is 0.482. The summed E-state index contributed by atoms with van der Waals surface area (Å²) in [6.07, 6.45) is 0. The van der Waals surface area contributed by atoms with E-state index >= 15 is 0 Å². The molecule has 0 radical (unpaired) electrons. The summed E-state index contributed by atoms with van der Waals surface area (Å²) in [6.45, 7) is 0. The van der Waals surface area contributed by atoms with Gasteiger partial charge < -0.3 is 9.47 Å². The molecule has 0 N–H and O–H groups in total. The van der Waals surface area contributed by atoms with Gasteiger partial charge in [-0.2, -0.15) is 0 Å². The summed E-state index contributed by atoms with van der Waals surface area (Å²) in [5.41, 5.74) is 0. The quantitative estimate of drug-likeness (QED) is 0.807. The molecular formula is C10H8Cl2O2S. The first kappa shape index (κ1) is 10.9. The zero-order valence-corrected chi connectivity index (χ0v) is 10.5. The summed E-state index contributed by atoms with van der Waals surface area (Å²) in [5, 5.41) is 3.91. The fraction of sp³-hybridized carbons (Fsp3) is 0.200. The number of rotatable bonds is 2. The molecule has 0 bridgehead atoms. The second-order valence-corrected chi connectivity index (χ2v) is 4.53. The molecular weight excluding hydrogens is 255 g/mol. The third-order valence-corrected chi connectivity index (χ3v) is 3.89. The monoisotopic (exact) mass is 262 g/mol. The van der Waals surface area contributed by atoms with Crippen molar-refractivity contribution in [1.82, 2.24) is 0 Å². The lowest BCUT2D eigenvalue weighted by atomic mass is 10.2. The first-order chi connectivity index (χ1) is 7.20. The molecule has 0 aliphatic rings. The van der Waals surface area contributed by atoms with Gasteiger partial charge in [0.15, 0.2) is 11.5 Å². The van der Waals surface area contributed by atoms with E-state index in [1.807, 2.05) is 11.4 Å². The topological polar surface area (TPSA) is 18.5 Å². The summed E-state index contributed by atoms with van der Waals surface area (Å²) >= 11 is 13.9. The minimum Gasteiger partial charge on any atom is -0.491 e. The molecule has 0 saturated heterocycles. The highest BCUT2D eigenvalue weighted by atomic mass is 35.5. The van der Waals surface area contributed by atoms with E-state index in [1.54, 1.807) is 7.11 Å². The maximum absolute atomic E-state index is 6.19. The van der Waals surface area contributed by atoms with Crippen LogP contribution in [0.15, 0.2) is 11.4 Å². The molecule has 1 heterocycles. The van der Waals surface area contributed by atoms with Gasteiger partial charge in [-0.05, 0) is 11.4 Å². The molecule has 2 rings (SSSR count). The fourth-order valence-electron chi connectivity index (χ4n) is 1.44. The maximum Gasteiger partial charge on any atom is 0.182 e. The van der Waals surface area contributed by atoms with Gasteiger partial charge in [-0.1, -0.05) is 23.2 Å². The zero-order valence-electron chi connectivity index (χ0n) is 8.14. The van der Waals surface area contributed by atoms with Crippen molar-refractivity contribution < 1.29 is 9.47 Å². The van der Waals surface area contributed by atoms with Crippen LogP contribution in [-0.4, -0.2) is 14.2 Å². The second-order valence-electron chi connectivity index (χ2n) is 2.86. The summed E-state index contributed by atoms with van der Waals surface area (Å²) in [7, 11) is 3.08. The van der Waals surface area contributed by atoms with Crippen LogP contribution in [0.4, 0.5) is 0 Å². The van der Waals surface area contributed by atoms with Gasteiger partial charge in [0.1, 0.15) is 5.02 Å². The van der Waals surface area contributed by atoms with Crippen LogP contribution in [0.1, 0.15) is 0 Å². The predicted molar refractivity (Wildman–Crippen MR) is 64.9 cm³/mol. The van der Waals surface area contributed by atoms with Gasteiger partial charge in [-0.25, -0.2) is 0 Å². The number of methoxy groups -OCH3 is 2. The van der Waals surface area contributed by atoms with Gasteiger partial charge in [0, 0.05) is 5.39 Å². The van der Waals surface area contributed by atoms with Crippen LogP contribution in [0.3, 0.4) is 0 Å². The van der Waals surface area contributed by atoms with Gasteiger partial charge in [0.2, 0.25) is 0 Å². The average molecular weight is 263 g/mol. The van der Waals surface area contributed by atoms with E-state index in [1.165, 1.54) is 18.4 Å². The molecule has 0 unspecified atom stereocenters. The highest BCUT2D eigenvalue weighted by molar-refractivity contribution is 7.18. The SMILES string of the molecule is COc1c(OC)c(Cl)c2sccc2c1Cl. The van der Waals surface area contributed by atoms with Crippen LogP contribution < -0.4 is 9.47 Å². The van der Waals surface area contributed by atoms with Crippen molar-refractivity contribution >= 4 is 44.6 Å². The smallest absolute Gasteiger partial charge is 0.182 e. The Bertz CT molecular complexity index is 464. The Morgan fingerprint density at radius 2 is 1.67 bits per heavy atom. The molecule has 1 aromatic heterocycles. The van der Waals surface area contributed by atoms with E-state index in [-0.39, 0.29) is 0 Å². The number of halogens is 2. The van der Waals surface area contributed by atoms with Crippen molar-refractivity contribution in [1.29, 1.82) is 0 Å². The van der Waals surface area contributed by atoms with Crippen molar-refractivity contribution in [3.05, 3.63) is 21.5 Å². The Kier molecular flexibility index (Phi) is 2.96. The first-order valence-electron chi connectivity index (χ1n) is 4.16. The van der Waals surface area contributed by atoms with Crippen LogP contribution in [-0.2, 0) is 0 Å². The van der Waals surface area contributed by atoms with E-state index in [4.69, 9.17) is 32.7 Å². The molecule has 0 atom stereocenters. The molecule has 0 fully saturated rings. The first-order valence-corrected chi connectivity index (χ1v) is 5.80. The number of hydrogen-bond acceptors (Lipinski definition) is 3. The van der Waals surface area contributed by atoms with E-state index in [2.05, 4.69) is 0 Å². The Morgan fingerprint density at radius 3 is 2.27 bits per heavy atom. The molecule has 0 spiro atoms. The third-order valence-electron chi connectivity index (χ3n) is 2.11. The van der Waals surface area contributed by atoms with Crippen molar-refractivity contribution in [2.24, 2.45) is 0 Å². The normalized spacial score (nSPS) is 10.7. The number of thiophene rings is 1. The van der Waals surface area contributed by atoms with Crippen molar-refractivity contribution in [2.75, 3.05) is 14.2 Å². The molecule has 2 aromatic rings. The lowest BCUT2D eigenvalue weighted by Gasteiger charge is -2.12. The highest BCUT2D eigenvalue weighted by Crippen LogP contribution is 2.48. The van der Waals surface area contributed by atoms with E-state index in [0.29, 0.717) is 21.5 Å². The van der Waals surface area contributed by atoms with E-state index < -0.39 is 0 Å². The number of benzene rings is 1. The number of fused-ring (bicyclic) bond motifs is 1. The largest absolute Gasteiger partial charge is 0.491 e. The van der Waals surface area contributed by atoms with Gasteiger partial charge in [0.05, 0.1) is 23.9 Å². The number of ether oxygens (including phenoxy) is 2. The fourth-order valence-corrected chi connectivity index (χ4v) is 3.05. The van der Waals surface area contributed by atoms with Gasteiger partial charge >= 0.3 is 0 Å². The van der Waals surface area contributed by atoms with Crippen LogP contribution >= 0.6 is 34.5 Å². The van der Waals surface area contributed by atoms with E-state index in [0.717, 1.165) is 10.1 Å². The lowest BCUT2D eigenvalue weighted by molar-refractivity contribution is 0.356. The van der Waals surface area contributed by atoms with Crippen molar-refractivity contribution in [3.63, 3.8) is 0 Å².